The van der Waals surface area contributed by atoms with E-state index in [1.54, 1.807) is 0 Å². The van der Waals surface area contributed by atoms with E-state index in [0.717, 1.165) is 22.7 Å². The molecule has 18 heavy (non-hydrogen) atoms. The van der Waals surface area contributed by atoms with Gasteiger partial charge in [-0.15, -0.1) is 0 Å². The van der Waals surface area contributed by atoms with Crippen LogP contribution in [-0.2, 0) is 0 Å². The molecule has 0 aromatic heterocycles. The first kappa shape index (κ1) is 12.0. The Balaban J connectivity index is 1.97. The van der Waals surface area contributed by atoms with Gasteiger partial charge in [0, 0.05) is 16.5 Å². The van der Waals surface area contributed by atoms with E-state index in [-0.39, 0.29) is 6.04 Å². The Labute approximate surface area is 113 Å². The zero-order valence-electron chi connectivity index (χ0n) is 10.4. The molecule has 1 aliphatic rings. The van der Waals surface area contributed by atoms with Crippen LogP contribution in [-0.4, -0.2) is 0 Å². The predicted molar refractivity (Wildman–Crippen MR) is 77.8 cm³/mol. The molecule has 0 aliphatic heterocycles. The van der Waals surface area contributed by atoms with Crippen molar-refractivity contribution >= 4 is 22.4 Å². The summed E-state index contributed by atoms with van der Waals surface area (Å²) in [5.74, 6) is 0.828. The summed E-state index contributed by atoms with van der Waals surface area (Å²) in [4.78, 5) is 0. The zero-order chi connectivity index (χ0) is 12.5. The highest BCUT2D eigenvalue weighted by Crippen LogP contribution is 2.36. The molecule has 1 nitrogen and oxygen atoms in total. The fourth-order valence-electron chi connectivity index (χ4n) is 2.82. The first-order valence-electron chi connectivity index (χ1n) is 6.68. The quantitative estimate of drug-likeness (QED) is 0.851. The normalized spacial score (nSPS) is 17.7. The fraction of sp³-hybridized carbons (Fsp3) is 0.375. The van der Waals surface area contributed by atoms with Crippen molar-refractivity contribution in [3.05, 3.63) is 47.0 Å². The van der Waals surface area contributed by atoms with Gasteiger partial charge in [-0.25, -0.2) is 0 Å². The van der Waals surface area contributed by atoms with Gasteiger partial charge in [-0.3, -0.25) is 0 Å². The minimum Gasteiger partial charge on any atom is -0.324 e. The highest BCUT2D eigenvalue weighted by atomic mass is 35.5. The second kappa shape index (κ2) is 4.91. The Morgan fingerprint density at radius 3 is 2.50 bits per heavy atom. The van der Waals surface area contributed by atoms with E-state index < -0.39 is 0 Å². The molecule has 2 heteroatoms. The van der Waals surface area contributed by atoms with Crippen LogP contribution in [0.1, 0.15) is 37.3 Å². The Kier molecular flexibility index (Phi) is 3.27. The minimum absolute atomic E-state index is 0.137. The second-order valence-electron chi connectivity index (χ2n) is 5.32. The van der Waals surface area contributed by atoms with E-state index in [4.69, 9.17) is 17.3 Å². The van der Waals surface area contributed by atoms with Gasteiger partial charge >= 0.3 is 0 Å². The number of hydrogen-bond donors (Lipinski definition) is 1. The maximum Gasteiger partial charge on any atom is 0.0484 e. The lowest BCUT2D eigenvalue weighted by Crippen LogP contribution is -2.20. The molecule has 0 spiro atoms. The number of hydrogen-bond acceptors (Lipinski definition) is 1. The molecule has 1 aliphatic carbocycles. The minimum atomic E-state index is 0.137. The molecule has 0 bridgehead atoms. The van der Waals surface area contributed by atoms with Gasteiger partial charge in [0.25, 0.3) is 0 Å². The molecular formula is C16H18ClN. The SMILES string of the molecule is NC(CC1CCC1)c1ccc(Cl)c2ccccc12. The summed E-state index contributed by atoms with van der Waals surface area (Å²) in [6.45, 7) is 0. The number of halogens is 1. The van der Waals surface area contributed by atoms with Crippen molar-refractivity contribution in [3.63, 3.8) is 0 Å². The summed E-state index contributed by atoms with van der Waals surface area (Å²) in [5, 5.41) is 3.13. The highest BCUT2D eigenvalue weighted by Gasteiger charge is 2.22. The van der Waals surface area contributed by atoms with Crippen LogP contribution < -0.4 is 5.73 Å². The maximum atomic E-state index is 6.38. The van der Waals surface area contributed by atoms with E-state index in [2.05, 4.69) is 24.3 Å². The lowest BCUT2D eigenvalue weighted by atomic mass is 9.79. The summed E-state index contributed by atoms with van der Waals surface area (Å²) in [6, 6.07) is 12.5. The van der Waals surface area contributed by atoms with Gasteiger partial charge < -0.3 is 5.73 Å². The van der Waals surface area contributed by atoms with Gasteiger partial charge in [0.1, 0.15) is 0 Å². The van der Waals surface area contributed by atoms with Crippen molar-refractivity contribution in [3.8, 4) is 0 Å². The summed E-state index contributed by atoms with van der Waals surface area (Å²) in [7, 11) is 0. The molecule has 2 aromatic rings. The number of benzene rings is 2. The number of nitrogens with two attached hydrogens (primary N) is 1. The zero-order valence-corrected chi connectivity index (χ0v) is 11.2. The van der Waals surface area contributed by atoms with Gasteiger partial charge in [0.05, 0.1) is 0 Å². The average molecular weight is 260 g/mol. The van der Waals surface area contributed by atoms with Crippen molar-refractivity contribution in [2.75, 3.05) is 0 Å². The molecule has 0 saturated heterocycles. The van der Waals surface area contributed by atoms with E-state index in [9.17, 15) is 0 Å². The molecule has 1 saturated carbocycles. The Bertz CT molecular complexity index is 560. The molecule has 3 rings (SSSR count). The predicted octanol–water partition coefficient (Wildman–Crippen LogP) is 4.68. The molecule has 1 atom stereocenters. The monoisotopic (exact) mass is 259 g/mol. The van der Waals surface area contributed by atoms with E-state index in [1.165, 1.54) is 30.2 Å². The van der Waals surface area contributed by atoms with Gasteiger partial charge in [-0.1, -0.05) is 61.2 Å². The molecule has 1 fully saturated rings. The van der Waals surface area contributed by atoms with Crippen molar-refractivity contribution in [1.82, 2.24) is 0 Å². The van der Waals surface area contributed by atoms with E-state index >= 15 is 0 Å². The largest absolute Gasteiger partial charge is 0.324 e. The molecule has 0 amide bonds. The third-order valence-electron chi connectivity index (χ3n) is 4.12. The Morgan fingerprint density at radius 1 is 1.11 bits per heavy atom. The standard InChI is InChI=1S/C16H18ClN/c17-15-9-8-14(12-6-1-2-7-13(12)15)16(18)10-11-4-3-5-11/h1-2,6-9,11,16H,3-5,10,18H2. The third-order valence-corrected chi connectivity index (χ3v) is 4.45. The lowest BCUT2D eigenvalue weighted by Gasteiger charge is -2.28. The van der Waals surface area contributed by atoms with Gasteiger partial charge in [0.15, 0.2) is 0 Å². The van der Waals surface area contributed by atoms with Gasteiger partial charge in [-0.05, 0) is 29.4 Å². The van der Waals surface area contributed by atoms with Gasteiger partial charge in [0.2, 0.25) is 0 Å². The summed E-state index contributed by atoms with van der Waals surface area (Å²) >= 11 is 6.24. The Morgan fingerprint density at radius 2 is 1.83 bits per heavy atom. The molecule has 94 valence electrons. The fourth-order valence-corrected chi connectivity index (χ4v) is 3.05. The molecule has 1 unspecified atom stereocenters. The molecule has 0 radical (unpaired) electrons. The molecule has 0 heterocycles. The Hall–Kier alpha value is -1.05. The van der Waals surface area contributed by atoms with Crippen LogP contribution in [0.5, 0.6) is 0 Å². The second-order valence-corrected chi connectivity index (χ2v) is 5.73. The maximum absolute atomic E-state index is 6.38. The summed E-state index contributed by atoms with van der Waals surface area (Å²) < 4.78 is 0. The van der Waals surface area contributed by atoms with Crippen molar-refractivity contribution in [1.29, 1.82) is 0 Å². The van der Waals surface area contributed by atoms with Crippen LogP contribution in [0, 0.1) is 5.92 Å². The van der Waals surface area contributed by atoms with Crippen LogP contribution >= 0.6 is 11.6 Å². The van der Waals surface area contributed by atoms with Crippen LogP contribution in [0.25, 0.3) is 10.8 Å². The molecular weight excluding hydrogens is 242 g/mol. The summed E-state index contributed by atoms with van der Waals surface area (Å²) in [6.07, 6.45) is 5.17. The lowest BCUT2D eigenvalue weighted by molar-refractivity contribution is 0.278. The van der Waals surface area contributed by atoms with Crippen LogP contribution in [0.3, 0.4) is 0 Å². The third kappa shape index (κ3) is 2.13. The van der Waals surface area contributed by atoms with E-state index in [0.29, 0.717) is 0 Å². The van der Waals surface area contributed by atoms with Crippen molar-refractivity contribution in [2.24, 2.45) is 11.7 Å². The van der Waals surface area contributed by atoms with Crippen molar-refractivity contribution < 1.29 is 0 Å². The first-order valence-corrected chi connectivity index (χ1v) is 7.06. The van der Waals surface area contributed by atoms with Crippen molar-refractivity contribution in [2.45, 2.75) is 31.7 Å². The molecule has 2 aromatic carbocycles. The average Bonchev–Trinajstić information content (AvgIpc) is 2.34. The summed E-state index contributed by atoms with van der Waals surface area (Å²) in [5.41, 5.74) is 7.62. The van der Waals surface area contributed by atoms with E-state index in [1.807, 2.05) is 12.1 Å². The van der Waals surface area contributed by atoms with Gasteiger partial charge in [-0.2, -0.15) is 0 Å². The first-order chi connectivity index (χ1) is 8.75. The van der Waals surface area contributed by atoms with Crippen LogP contribution in [0.2, 0.25) is 5.02 Å². The van der Waals surface area contributed by atoms with Crippen LogP contribution in [0.4, 0.5) is 0 Å². The topological polar surface area (TPSA) is 26.0 Å². The highest BCUT2D eigenvalue weighted by molar-refractivity contribution is 6.35. The number of rotatable bonds is 3. The number of fused-ring (bicyclic) bond motifs is 1. The van der Waals surface area contributed by atoms with Crippen LogP contribution in [0.15, 0.2) is 36.4 Å². The smallest absolute Gasteiger partial charge is 0.0484 e. The molecule has 2 N–H and O–H groups in total.